The van der Waals surface area contributed by atoms with E-state index in [-0.39, 0.29) is 5.56 Å². The normalized spacial score (nSPS) is 10.9. The van der Waals surface area contributed by atoms with Gasteiger partial charge in [-0.15, -0.1) is 10.2 Å². The van der Waals surface area contributed by atoms with E-state index in [1.807, 2.05) is 12.3 Å². The van der Waals surface area contributed by atoms with Crippen LogP contribution in [0, 0.1) is 5.92 Å². The van der Waals surface area contributed by atoms with Crippen LogP contribution in [0.5, 0.6) is 0 Å². The Labute approximate surface area is 110 Å². The van der Waals surface area contributed by atoms with Crippen molar-refractivity contribution in [2.45, 2.75) is 20.4 Å². The zero-order chi connectivity index (χ0) is 13.1. The van der Waals surface area contributed by atoms with Crippen LogP contribution < -0.4 is 10.9 Å². The lowest BCUT2D eigenvalue weighted by Crippen LogP contribution is -2.22. The number of hydrogen-bond acceptors (Lipinski definition) is 5. The van der Waals surface area contributed by atoms with E-state index in [1.165, 1.54) is 11.3 Å². The average molecular weight is 264 g/mol. The van der Waals surface area contributed by atoms with Gasteiger partial charge in [0, 0.05) is 19.8 Å². The summed E-state index contributed by atoms with van der Waals surface area (Å²) in [7, 11) is 1.78. The van der Waals surface area contributed by atoms with Crippen molar-refractivity contribution in [3.63, 3.8) is 0 Å². The molecule has 0 aliphatic rings. The van der Waals surface area contributed by atoms with E-state index in [0.29, 0.717) is 28.2 Å². The van der Waals surface area contributed by atoms with Gasteiger partial charge in [0.05, 0.1) is 5.56 Å². The van der Waals surface area contributed by atoms with Gasteiger partial charge < -0.3 is 9.88 Å². The SMILES string of the molecule is CNc1nnc(-c2cccn(CC(C)C)c2=O)s1. The summed E-state index contributed by atoms with van der Waals surface area (Å²) in [5.74, 6) is 0.431. The van der Waals surface area contributed by atoms with Crippen LogP contribution >= 0.6 is 11.3 Å². The molecule has 0 amide bonds. The summed E-state index contributed by atoms with van der Waals surface area (Å²) in [4.78, 5) is 12.3. The first kappa shape index (κ1) is 12.8. The largest absolute Gasteiger partial charge is 0.363 e. The minimum absolute atomic E-state index is 0.00926. The topological polar surface area (TPSA) is 59.8 Å². The van der Waals surface area contributed by atoms with Crippen molar-refractivity contribution in [3.8, 4) is 10.6 Å². The lowest BCUT2D eigenvalue weighted by atomic mass is 10.2. The Hall–Kier alpha value is -1.69. The van der Waals surface area contributed by atoms with Crippen molar-refractivity contribution in [2.24, 2.45) is 5.92 Å². The van der Waals surface area contributed by atoms with Gasteiger partial charge in [0.25, 0.3) is 5.56 Å². The lowest BCUT2D eigenvalue weighted by Gasteiger charge is -2.08. The molecule has 0 aliphatic heterocycles. The number of pyridine rings is 1. The fraction of sp³-hybridized carbons (Fsp3) is 0.417. The van der Waals surface area contributed by atoms with Gasteiger partial charge in [-0.1, -0.05) is 25.2 Å². The van der Waals surface area contributed by atoms with Gasteiger partial charge in [0.2, 0.25) is 5.13 Å². The van der Waals surface area contributed by atoms with Crippen LogP contribution in [0.4, 0.5) is 5.13 Å². The van der Waals surface area contributed by atoms with E-state index >= 15 is 0 Å². The van der Waals surface area contributed by atoms with Crippen LogP contribution in [-0.2, 0) is 6.54 Å². The molecule has 96 valence electrons. The summed E-state index contributed by atoms with van der Waals surface area (Å²) >= 11 is 1.38. The number of anilines is 1. The number of rotatable bonds is 4. The third-order valence-electron chi connectivity index (χ3n) is 2.45. The predicted molar refractivity (Wildman–Crippen MR) is 74.0 cm³/mol. The molecule has 0 bridgehead atoms. The van der Waals surface area contributed by atoms with Crippen molar-refractivity contribution in [3.05, 3.63) is 28.7 Å². The molecule has 1 N–H and O–H groups in total. The van der Waals surface area contributed by atoms with Gasteiger partial charge in [0.15, 0.2) is 5.01 Å². The van der Waals surface area contributed by atoms with Crippen LogP contribution in [0.25, 0.3) is 10.6 Å². The first-order chi connectivity index (χ1) is 8.61. The minimum Gasteiger partial charge on any atom is -0.363 e. The Morgan fingerprint density at radius 3 is 2.83 bits per heavy atom. The number of nitrogens with one attached hydrogen (secondary N) is 1. The van der Waals surface area contributed by atoms with E-state index < -0.39 is 0 Å². The van der Waals surface area contributed by atoms with Crippen LogP contribution in [-0.4, -0.2) is 21.8 Å². The molecule has 0 fully saturated rings. The highest BCUT2D eigenvalue weighted by Gasteiger charge is 2.11. The number of aromatic nitrogens is 3. The molecule has 0 saturated carbocycles. The van der Waals surface area contributed by atoms with Crippen LogP contribution in [0.1, 0.15) is 13.8 Å². The van der Waals surface area contributed by atoms with E-state index in [0.717, 1.165) is 0 Å². The van der Waals surface area contributed by atoms with Gasteiger partial charge in [-0.3, -0.25) is 4.79 Å². The zero-order valence-electron chi connectivity index (χ0n) is 10.7. The highest BCUT2D eigenvalue weighted by Crippen LogP contribution is 2.23. The Kier molecular flexibility index (Phi) is 3.76. The van der Waals surface area contributed by atoms with E-state index in [4.69, 9.17) is 0 Å². The Morgan fingerprint density at radius 1 is 1.44 bits per heavy atom. The standard InChI is InChI=1S/C12H16N4OS/c1-8(2)7-16-6-4-5-9(11(16)17)10-14-15-12(13-3)18-10/h4-6,8H,7H2,1-3H3,(H,13,15). The fourth-order valence-electron chi connectivity index (χ4n) is 1.67. The predicted octanol–water partition coefficient (Wildman–Crippen LogP) is 2.06. The molecule has 2 rings (SSSR count). The third-order valence-corrected chi connectivity index (χ3v) is 3.43. The molecular weight excluding hydrogens is 248 g/mol. The molecule has 2 heterocycles. The van der Waals surface area contributed by atoms with E-state index in [1.54, 1.807) is 17.7 Å². The van der Waals surface area contributed by atoms with Crippen molar-refractivity contribution >= 4 is 16.5 Å². The smallest absolute Gasteiger partial charge is 0.260 e. The Bertz CT molecular complexity index is 588. The summed E-state index contributed by atoms with van der Waals surface area (Å²) in [5, 5.41) is 12.3. The van der Waals surface area contributed by atoms with Crippen molar-refractivity contribution < 1.29 is 0 Å². The molecule has 2 aromatic heterocycles. The summed E-state index contributed by atoms with van der Waals surface area (Å²) in [6.07, 6.45) is 1.81. The third kappa shape index (κ3) is 2.59. The molecule has 0 saturated heterocycles. The first-order valence-corrected chi connectivity index (χ1v) is 6.64. The highest BCUT2D eigenvalue weighted by atomic mass is 32.1. The molecule has 0 aliphatic carbocycles. The van der Waals surface area contributed by atoms with Crippen molar-refractivity contribution in [1.29, 1.82) is 0 Å². The van der Waals surface area contributed by atoms with Crippen molar-refractivity contribution in [2.75, 3.05) is 12.4 Å². The number of hydrogen-bond donors (Lipinski definition) is 1. The average Bonchev–Trinajstić information content (AvgIpc) is 2.80. The molecule has 18 heavy (non-hydrogen) atoms. The van der Waals surface area contributed by atoms with Gasteiger partial charge in [-0.2, -0.15) is 0 Å². The Balaban J connectivity index is 2.42. The highest BCUT2D eigenvalue weighted by molar-refractivity contribution is 7.18. The summed E-state index contributed by atoms with van der Waals surface area (Å²) in [6, 6.07) is 3.67. The molecule has 5 nitrogen and oxygen atoms in total. The molecule has 0 atom stereocenters. The van der Waals surface area contributed by atoms with Gasteiger partial charge in [-0.05, 0) is 18.1 Å². The van der Waals surface area contributed by atoms with E-state index in [9.17, 15) is 4.79 Å². The molecule has 0 radical (unpaired) electrons. The second-order valence-electron chi connectivity index (χ2n) is 4.44. The second kappa shape index (κ2) is 5.30. The summed E-state index contributed by atoms with van der Waals surface area (Å²) < 4.78 is 1.72. The zero-order valence-corrected chi connectivity index (χ0v) is 11.5. The quantitative estimate of drug-likeness (QED) is 0.918. The molecule has 2 aromatic rings. The first-order valence-electron chi connectivity index (χ1n) is 5.83. The maximum absolute atomic E-state index is 12.3. The molecule has 0 spiro atoms. The molecule has 0 aromatic carbocycles. The maximum atomic E-state index is 12.3. The van der Waals surface area contributed by atoms with Gasteiger partial charge >= 0.3 is 0 Å². The van der Waals surface area contributed by atoms with Crippen molar-refractivity contribution in [1.82, 2.24) is 14.8 Å². The maximum Gasteiger partial charge on any atom is 0.260 e. The van der Waals surface area contributed by atoms with E-state index in [2.05, 4.69) is 29.4 Å². The van der Waals surface area contributed by atoms with Gasteiger partial charge in [0.1, 0.15) is 0 Å². The van der Waals surface area contributed by atoms with Gasteiger partial charge in [-0.25, -0.2) is 0 Å². The summed E-state index contributed by atoms with van der Waals surface area (Å²) in [6.45, 7) is 4.89. The minimum atomic E-state index is -0.00926. The lowest BCUT2D eigenvalue weighted by molar-refractivity contribution is 0.511. The van der Waals surface area contributed by atoms with Crippen LogP contribution in [0.2, 0.25) is 0 Å². The molecule has 6 heteroatoms. The monoisotopic (exact) mass is 264 g/mol. The fourth-order valence-corrected chi connectivity index (χ4v) is 2.38. The molecule has 0 unspecified atom stereocenters. The summed E-state index contributed by atoms with van der Waals surface area (Å²) in [5.41, 5.74) is 0.599. The second-order valence-corrected chi connectivity index (χ2v) is 5.41. The molecular formula is C12H16N4OS. The Morgan fingerprint density at radius 2 is 2.22 bits per heavy atom. The number of nitrogens with zero attached hydrogens (tertiary/aromatic N) is 3. The van der Waals surface area contributed by atoms with Crippen LogP contribution in [0.3, 0.4) is 0 Å². The van der Waals surface area contributed by atoms with Crippen LogP contribution in [0.15, 0.2) is 23.1 Å².